The first-order valence-corrected chi connectivity index (χ1v) is 8.75. The van der Waals surface area contributed by atoms with Crippen molar-refractivity contribution < 1.29 is 9.53 Å². The Kier molecular flexibility index (Phi) is 4.99. The Hall–Kier alpha value is -2.47. The summed E-state index contributed by atoms with van der Waals surface area (Å²) in [6.07, 6.45) is 1.52. The minimum absolute atomic E-state index is 0.305. The van der Waals surface area contributed by atoms with Gasteiger partial charge in [0.05, 0.1) is 12.3 Å². The van der Waals surface area contributed by atoms with Gasteiger partial charge in [0.25, 0.3) is 0 Å². The lowest BCUT2D eigenvalue weighted by atomic mass is 10.1. The summed E-state index contributed by atoms with van der Waals surface area (Å²) in [5.74, 6) is -0.408. The maximum absolute atomic E-state index is 12.4. The van der Waals surface area contributed by atoms with E-state index in [0.29, 0.717) is 23.5 Å². The topological polar surface area (TPSA) is 64.1 Å². The number of rotatable bonds is 4. The number of halogens is 1. The van der Waals surface area contributed by atoms with Crippen molar-refractivity contribution in [3.05, 3.63) is 57.8 Å². The summed E-state index contributed by atoms with van der Waals surface area (Å²) in [5, 5.41) is 4.14. The van der Waals surface area contributed by atoms with Crippen LogP contribution in [-0.4, -0.2) is 22.5 Å². The van der Waals surface area contributed by atoms with Crippen LogP contribution in [-0.2, 0) is 4.74 Å². The summed E-state index contributed by atoms with van der Waals surface area (Å²) in [5.41, 5.74) is 4.46. The zero-order valence-corrected chi connectivity index (χ0v) is 15.8. The number of anilines is 2. The van der Waals surface area contributed by atoms with Crippen LogP contribution in [0.1, 0.15) is 28.5 Å². The summed E-state index contributed by atoms with van der Waals surface area (Å²) >= 11 is 3.47. The Morgan fingerprint density at radius 3 is 2.76 bits per heavy atom. The molecule has 3 rings (SSSR count). The van der Waals surface area contributed by atoms with Gasteiger partial charge in [-0.1, -0.05) is 15.9 Å². The molecular formula is C19H18BrN3O2. The smallest absolute Gasteiger partial charge is 0.341 e. The largest absolute Gasteiger partial charge is 0.462 e. The number of nitrogens with zero attached hydrogens (tertiary/aromatic N) is 2. The molecular weight excluding hydrogens is 382 g/mol. The first-order valence-electron chi connectivity index (χ1n) is 7.96. The number of nitrogens with one attached hydrogen (secondary N) is 1. The molecule has 0 saturated heterocycles. The molecule has 0 fully saturated rings. The van der Waals surface area contributed by atoms with Gasteiger partial charge in [-0.05, 0) is 56.7 Å². The van der Waals surface area contributed by atoms with Crippen molar-refractivity contribution in [3.63, 3.8) is 0 Å². The molecule has 2 aromatic heterocycles. The average molecular weight is 400 g/mol. The van der Waals surface area contributed by atoms with Crippen molar-refractivity contribution in [2.45, 2.75) is 20.8 Å². The second kappa shape index (κ2) is 7.19. The lowest BCUT2D eigenvalue weighted by Crippen LogP contribution is -2.10. The normalized spacial score (nSPS) is 10.7. The van der Waals surface area contributed by atoms with Gasteiger partial charge >= 0.3 is 5.97 Å². The van der Waals surface area contributed by atoms with E-state index in [9.17, 15) is 4.79 Å². The number of aryl methyl sites for hydroxylation is 2. The molecule has 0 atom stereocenters. The van der Waals surface area contributed by atoms with Crippen LogP contribution in [0.15, 0.2) is 41.0 Å². The van der Waals surface area contributed by atoms with Gasteiger partial charge in [-0.25, -0.2) is 14.8 Å². The van der Waals surface area contributed by atoms with Crippen molar-refractivity contribution >= 4 is 44.3 Å². The van der Waals surface area contributed by atoms with Gasteiger partial charge in [0, 0.05) is 27.4 Å². The van der Waals surface area contributed by atoms with Gasteiger partial charge in [0.15, 0.2) is 5.65 Å². The molecule has 0 aliphatic rings. The maximum atomic E-state index is 12.4. The fourth-order valence-corrected chi connectivity index (χ4v) is 3.05. The maximum Gasteiger partial charge on any atom is 0.341 e. The zero-order valence-electron chi connectivity index (χ0n) is 14.3. The molecule has 0 unspecified atom stereocenters. The van der Waals surface area contributed by atoms with E-state index >= 15 is 0 Å². The molecule has 1 N–H and O–H groups in total. The number of ether oxygens (including phenoxy) is 1. The molecule has 128 valence electrons. The second-order valence-electron chi connectivity index (χ2n) is 5.68. The molecule has 0 spiro atoms. The number of hydrogen-bond acceptors (Lipinski definition) is 5. The van der Waals surface area contributed by atoms with E-state index in [1.54, 1.807) is 6.92 Å². The number of hydrogen-bond donors (Lipinski definition) is 1. The highest BCUT2D eigenvalue weighted by Gasteiger charge is 2.18. The van der Waals surface area contributed by atoms with E-state index in [2.05, 4.69) is 31.2 Å². The van der Waals surface area contributed by atoms with Gasteiger partial charge in [0.1, 0.15) is 5.56 Å². The molecule has 0 aliphatic carbocycles. The number of carbonyl (C=O) groups is 1. The molecule has 6 heteroatoms. The predicted octanol–water partition coefficient (Wildman–Crippen LogP) is 4.93. The van der Waals surface area contributed by atoms with Crippen LogP contribution in [0.3, 0.4) is 0 Å². The summed E-state index contributed by atoms with van der Waals surface area (Å²) in [4.78, 5) is 21.2. The summed E-state index contributed by atoms with van der Waals surface area (Å²) in [6.45, 7) is 6.00. The van der Waals surface area contributed by atoms with Gasteiger partial charge in [0.2, 0.25) is 0 Å². The van der Waals surface area contributed by atoms with E-state index in [4.69, 9.17) is 4.74 Å². The van der Waals surface area contributed by atoms with Gasteiger partial charge in [-0.15, -0.1) is 0 Å². The van der Waals surface area contributed by atoms with E-state index in [1.165, 1.54) is 6.20 Å². The second-order valence-corrected chi connectivity index (χ2v) is 6.59. The number of esters is 1. The van der Waals surface area contributed by atoms with Gasteiger partial charge < -0.3 is 10.1 Å². The van der Waals surface area contributed by atoms with Crippen molar-refractivity contribution in [3.8, 4) is 0 Å². The molecule has 2 heterocycles. The van der Waals surface area contributed by atoms with Crippen LogP contribution >= 0.6 is 15.9 Å². The van der Waals surface area contributed by atoms with Crippen molar-refractivity contribution in [1.29, 1.82) is 0 Å². The molecule has 3 aromatic rings. The predicted molar refractivity (Wildman–Crippen MR) is 102 cm³/mol. The fraction of sp³-hybridized carbons (Fsp3) is 0.211. The third-order valence-corrected chi connectivity index (χ3v) is 4.31. The molecule has 0 bridgehead atoms. The van der Waals surface area contributed by atoms with E-state index < -0.39 is 5.97 Å². The lowest BCUT2D eigenvalue weighted by Gasteiger charge is -2.15. The number of carbonyl (C=O) groups excluding carboxylic acids is 1. The first-order chi connectivity index (χ1) is 12.0. The van der Waals surface area contributed by atoms with Crippen molar-refractivity contribution in [2.75, 3.05) is 11.9 Å². The summed E-state index contributed by atoms with van der Waals surface area (Å²) in [7, 11) is 0. The Bertz CT molecular complexity index is 957. The van der Waals surface area contributed by atoms with E-state index in [-0.39, 0.29) is 0 Å². The molecule has 25 heavy (non-hydrogen) atoms. The average Bonchev–Trinajstić information content (AvgIpc) is 2.57. The Morgan fingerprint density at radius 2 is 2.04 bits per heavy atom. The summed E-state index contributed by atoms with van der Waals surface area (Å²) < 4.78 is 6.18. The molecule has 0 radical (unpaired) electrons. The van der Waals surface area contributed by atoms with E-state index in [0.717, 1.165) is 26.8 Å². The minimum Gasteiger partial charge on any atom is -0.462 e. The SMILES string of the molecule is CCOC(=O)c1cnc2nc(C)ccc2c1Nc1ccc(Br)cc1C. The minimum atomic E-state index is -0.408. The summed E-state index contributed by atoms with van der Waals surface area (Å²) in [6, 6.07) is 9.74. The zero-order chi connectivity index (χ0) is 18.0. The third-order valence-electron chi connectivity index (χ3n) is 3.81. The standard InChI is InChI=1S/C19H18BrN3O2/c1-4-25-19(24)15-10-21-18-14(7-5-12(3)22-18)17(15)23-16-8-6-13(20)9-11(16)2/h5-10H,4H2,1-3H3,(H,21,22,23). The number of aromatic nitrogens is 2. The van der Waals surface area contributed by atoms with Crippen molar-refractivity contribution in [2.24, 2.45) is 0 Å². The molecule has 0 amide bonds. The molecule has 0 aliphatic heterocycles. The Labute approximate surface area is 154 Å². The van der Waals surface area contributed by atoms with Crippen LogP contribution in [0.25, 0.3) is 11.0 Å². The Morgan fingerprint density at radius 1 is 1.24 bits per heavy atom. The number of benzene rings is 1. The fourth-order valence-electron chi connectivity index (χ4n) is 2.57. The Balaban J connectivity index is 2.17. The van der Waals surface area contributed by atoms with Crippen LogP contribution in [0.4, 0.5) is 11.4 Å². The number of pyridine rings is 2. The highest BCUT2D eigenvalue weighted by Crippen LogP contribution is 2.31. The van der Waals surface area contributed by atoms with Crippen LogP contribution < -0.4 is 5.32 Å². The monoisotopic (exact) mass is 399 g/mol. The number of fused-ring (bicyclic) bond motifs is 1. The van der Waals surface area contributed by atoms with Gasteiger partial charge in [-0.2, -0.15) is 0 Å². The highest BCUT2D eigenvalue weighted by molar-refractivity contribution is 9.10. The lowest BCUT2D eigenvalue weighted by molar-refractivity contribution is 0.0527. The molecule has 0 saturated carbocycles. The molecule has 5 nitrogen and oxygen atoms in total. The van der Waals surface area contributed by atoms with Crippen molar-refractivity contribution in [1.82, 2.24) is 9.97 Å². The quantitative estimate of drug-likeness (QED) is 0.630. The third kappa shape index (κ3) is 3.64. The van der Waals surface area contributed by atoms with Crippen LogP contribution in [0.2, 0.25) is 0 Å². The van der Waals surface area contributed by atoms with E-state index in [1.807, 2.05) is 44.2 Å². The highest BCUT2D eigenvalue weighted by atomic mass is 79.9. The van der Waals surface area contributed by atoms with Gasteiger partial charge in [-0.3, -0.25) is 0 Å². The van der Waals surface area contributed by atoms with Crippen LogP contribution in [0, 0.1) is 13.8 Å². The molecule has 1 aromatic carbocycles. The first kappa shape index (κ1) is 17.4. The van der Waals surface area contributed by atoms with Crippen LogP contribution in [0.5, 0.6) is 0 Å².